The van der Waals surface area contributed by atoms with Gasteiger partial charge in [0.05, 0.1) is 12.6 Å². The number of unbranched alkanes of at least 4 members (excludes halogenated alkanes) is 2. The first-order valence-electron chi connectivity index (χ1n) is 9.02. The molecular weight excluding hydrogens is 332 g/mol. The van der Waals surface area contributed by atoms with E-state index in [4.69, 9.17) is 11.5 Å². The second-order valence-corrected chi connectivity index (χ2v) is 6.38. The molecule has 0 aliphatic heterocycles. The number of benzene rings is 1. The molecule has 0 radical (unpaired) electrons. The molecule has 0 heterocycles. The van der Waals surface area contributed by atoms with E-state index in [1.54, 1.807) is 6.92 Å². The zero-order valence-corrected chi connectivity index (χ0v) is 15.4. The van der Waals surface area contributed by atoms with Gasteiger partial charge in [-0.25, -0.2) is 0 Å². The molecule has 2 amide bonds. The van der Waals surface area contributed by atoms with Crippen LogP contribution in [-0.4, -0.2) is 42.8 Å². The van der Waals surface area contributed by atoms with Crippen LogP contribution in [0.5, 0.6) is 0 Å². The third kappa shape index (κ3) is 8.73. The van der Waals surface area contributed by atoms with Crippen LogP contribution >= 0.6 is 0 Å². The van der Waals surface area contributed by atoms with Crippen LogP contribution in [0.25, 0.3) is 0 Å². The van der Waals surface area contributed by atoms with Crippen molar-refractivity contribution >= 4 is 17.6 Å². The van der Waals surface area contributed by atoms with E-state index in [0.717, 1.165) is 24.8 Å². The highest BCUT2D eigenvalue weighted by Gasteiger charge is 2.19. The molecule has 1 aromatic carbocycles. The molecule has 6 N–H and O–H groups in total. The maximum atomic E-state index is 12.1. The minimum absolute atomic E-state index is 0.0473. The number of Topliss-reactive ketones (excluding diaryl/α,β-unsaturated/α-hetero) is 1. The van der Waals surface area contributed by atoms with Crippen LogP contribution in [0.1, 0.15) is 38.2 Å². The molecule has 1 aromatic rings. The first-order valence-corrected chi connectivity index (χ1v) is 9.02. The maximum Gasteiger partial charge on any atom is 0.240 e. The number of carbonyl (C=O) groups excluding carboxylic acids is 3. The van der Waals surface area contributed by atoms with Gasteiger partial charge in [0.1, 0.15) is 11.8 Å². The molecule has 26 heavy (non-hydrogen) atoms. The summed E-state index contributed by atoms with van der Waals surface area (Å²) in [7, 11) is 0. The average Bonchev–Trinajstić information content (AvgIpc) is 2.63. The number of hydrogen-bond acceptors (Lipinski definition) is 5. The molecule has 1 unspecified atom stereocenters. The van der Waals surface area contributed by atoms with Gasteiger partial charge in [-0.05, 0) is 31.9 Å². The zero-order chi connectivity index (χ0) is 19.4. The average molecular weight is 362 g/mol. The monoisotopic (exact) mass is 362 g/mol. The number of amides is 2. The van der Waals surface area contributed by atoms with Gasteiger partial charge in [-0.15, -0.1) is 0 Å². The highest BCUT2D eigenvalue weighted by atomic mass is 16.2. The lowest BCUT2D eigenvalue weighted by molar-refractivity contribution is -0.127. The predicted octanol–water partition coefficient (Wildman–Crippen LogP) is 0.266. The Kier molecular flexibility index (Phi) is 10.2. The van der Waals surface area contributed by atoms with Gasteiger partial charge in [-0.2, -0.15) is 0 Å². The third-order valence-electron chi connectivity index (χ3n) is 4.14. The van der Waals surface area contributed by atoms with Crippen molar-refractivity contribution in [2.75, 3.05) is 13.1 Å². The highest BCUT2D eigenvalue weighted by Crippen LogP contribution is 2.04. The van der Waals surface area contributed by atoms with E-state index in [2.05, 4.69) is 10.6 Å². The molecule has 1 rings (SSSR count). The van der Waals surface area contributed by atoms with Crippen molar-refractivity contribution in [1.82, 2.24) is 10.6 Å². The van der Waals surface area contributed by atoms with Crippen molar-refractivity contribution in [3.05, 3.63) is 35.9 Å². The molecule has 0 fully saturated rings. The summed E-state index contributed by atoms with van der Waals surface area (Å²) < 4.78 is 0. The Morgan fingerprint density at radius 1 is 1.08 bits per heavy atom. The van der Waals surface area contributed by atoms with Crippen molar-refractivity contribution in [2.45, 2.75) is 51.1 Å². The molecule has 2 atom stereocenters. The van der Waals surface area contributed by atoms with Crippen LogP contribution in [0.3, 0.4) is 0 Å². The number of ketones is 1. The highest BCUT2D eigenvalue weighted by molar-refractivity contribution is 5.88. The molecule has 0 aromatic heterocycles. The largest absolute Gasteiger partial charge is 0.368 e. The normalized spacial score (nSPS) is 13.0. The molecule has 0 saturated heterocycles. The molecule has 0 aliphatic rings. The fraction of sp³-hybridized carbons (Fsp3) is 0.526. The van der Waals surface area contributed by atoms with E-state index in [1.807, 2.05) is 30.3 Å². The second-order valence-electron chi connectivity index (χ2n) is 6.38. The van der Waals surface area contributed by atoms with Crippen LogP contribution in [0, 0.1) is 0 Å². The Hall–Kier alpha value is -2.25. The van der Waals surface area contributed by atoms with E-state index in [9.17, 15) is 14.4 Å². The van der Waals surface area contributed by atoms with Crippen LogP contribution in [0.2, 0.25) is 0 Å². The molecule has 0 saturated carbocycles. The first kappa shape index (κ1) is 21.8. The van der Waals surface area contributed by atoms with E-state index in [0.29, 0.717) is 19.4 Å². The quantitative estimate of drug-likeness (QED) is 0.374. The van der Waals surface area contributed by atoms with E-state index >= 15 is 0 Å². The smallest absolute Gasteiger partial charge is 0.240 e. The summed E-state index contributed by atoms with van der Waals surface area (Å²) in [6, 6.07) is 8.13. The maximum absolute atomic E-state index is 12.1. The molecule has 0 bridgehead atoms. The van der Waals surface area contributed by atoms with Gasteiger partial charge >= 0.3 is 0 Å². The van der Waals surface area contributed by atoms with Gasteiger partial charge in [0.25, 0.3) is 0 Å². The van der Waals surface area contributed by atoms with Crippen molar-refractivity contribution in [3.8, 4) is 0 Å². The zero-order valence-electron chi connectivity index (χ0n) is 15.4. The summed E-state index contributed by atoms with van der Waals surface area (Å²) >= 11 is 0. The van der Waals surface area contributed by atoms with Crippen molar-refractivity contribution < 1.29 is 14.4 Å². The summed E-state index contributed by atoms with van der Waals surface area (Å²) in [4.78, 5) is 35.6. The van der Waals surface area contributed by atoms with Gasteiger partial charge in [0.2, 0.25) is 11.8 Å². The van der Waals surface area contributed by atoms with Gasteiger partial charge in [0, 0.05) is 12.8 Å². The Morgan fingerprint density at radius 3 is 2.38 bits per heavy atom. The van der Waals surface area contributed by atoms with Crippen LogP contribution in [0.4, 0.5) is 0 Å². The van der Waals surface area contributed by atoms with E-state index in [1.165, 1.54) is 0 Å². The lowest BCUT2D eigenvalue weighted by Crippen LogP contribution is -2.50. The Bertz CT molecular complexity index is 577. The number of rotatable bonds is 13. The van der Waals surface area contributed by atoms with Crippen LogP contribution in [-0.2, 0) is 20.8 Å². The molecule has 0 spiro atoms. The Labute approximate surface area is 154 Å². The predicted molar refractivity (Wildman–Crippen MR) is 101 cm³/mol. The number of nitrogens with two attached hydrogens (primary N) is 2. The number of hydrogen-bond donors (Lipinski definition) is 4. The van der Waals surface area contributed by atoms with Gasteiger partial charge in [-0.3, -0.25) is 19.7 Å². The summed E-state index contributed by atoms with van der Waals surface area (Å²) in [5, 5.41) is 5.51. The van der Waals surface area contributed by atoms with E-state index < -0.39 is 18.0 Å². The summed E-state index contributed by atoms with van der Waals surface area (Å²) in [5.41, 5.74) is 11.7. The molecule has 0 aliphatic carbocycles. The van der Waals surface area contributed by atoms with E-state index in [-0.39, 0.29) is 18.2 Å². The molecule has 7 heteroatoms. The SMILES string of the molecule is CC(NCC(=O)N[C@@H](Cc1ccccc1)C(N)=O)C(=O)CCCCCN. The lowest BCUT2D eigenvalue weighted by atomic mass is 10.1. The minimum atomic E-state index is -0.783. The molecular formula is C19H30N4O3. The summed E-state index contributed by atoms with van der Waals surface area (Å²) in [5.74, 6) is -0.899. The molecule has 7 nitrogen and oxygen atoms in total. The summed E-state index contributed by atoms with van der Waals surface area (Å²) in [6.45, 7) is 2.31. The fourth-order valence-electron chi connectivity index (χ4n) is 2.51. The minimum Gasteiger partial charge on any atom is -0.368 e. The van der Waals surface area contributed by atoms with Crippen LogP contribution < -0.4 is 22.1 Å². The van der Waals surface area contributed by atoms with Gasteiger partial charge in [-0.1, -0.05) is 36.8 Å². The first-order chi connectivity index (χ1) is 12.4. The van der Waals surface area contributed by atoms with Gasteiger partial charge in [0.15, 0.2) is 0 Å². The third-order valence-corrected chi connectivity index (χ3v) is 4.14. The Balaban J connectivity index is 2.38. The second kappa shape index (κ2) is 12.2. The summed E-state index contributed by atoms with van der Waals surface area (Å²) in [6.07, 6.45) is 3.43. The van der Waals surface area contributed by atoms with Crippen LogP contribution in [0.15, 0.2) is 30.3 Å². The van der Waals surface area contributed by atoms with Gasteiger partial charge < -0.3 is 16.8 Å². The Morgan fingerprint density at radius 2 is 1.77 bits per heavy atom. The fourth-order valence-corrected chi connectivity index (χ4v) is 2.51. The standard InChI is InChI=1S/C19H30N4O3/c1-14(17(24)10-6-3-7-11-20)22-13-18(25)23-16(19(21)26)12-15-8-4-2-5-9-15/h2,4-5,8-9,14,16,22H,3,6-7,10-13,20H2,1H3,(H2,21,26)(H,23,25)/t14?,16-/m0/s1. The topological polar surface area (TPSA) is 127 Å². The van der Waals surface area contributed by atoms with Crippen molar-refractivity contribution in [3.63, 3.8) is 0 Å². The molecule has 144 valence electrons. The van der Waals surface area contributed by atoms with Crippen molar-refractivity contribution in [2.24, 2.45) is 11.5 Å². The number of carbonyl (C=O) groups is 3. The number of nitrogens with one attached hydrogen (secondary N) is 2. The lowest BCUT2D eigenvalue weighted by Gasteiger charge is -2.17. The van der Waals surface area contributed by atoms with Crippen molar-refractivity contribution in [1.29, 1.82) is 0 Å². The number of primary amides is 1.